The molecule has 1 aliphatic rings. The van der Waals surface area contributed by atoms with Gasteiger partial charge in [-0.1, -0.05) is 27.2 Å². The summed E-state index contributed by atoms with van der Waals surface area (Å²) >= 11 is 0. The lowest BCUT2D eigenvalue weighted by molar-refractivity contribution is -0.152. The van der Waals surface area contributed by atoms with Crippen LogP contribution in [0.3, 0.4) is 0 Å². The smallest absolute Gasteiger partial charge is 0.328 e. The summed E-state index contributed by atoms with van der Waals surface area (Å²) in [4.78, 5) is 16.2. The van der Waals surface area contributed by atoms with Crippen molar-refractivity contribution in [3.63, 3.8) is 0 Å². The standard InChI is InChI=1S/C16H29NO2/c1-12(16(7)10-8-9-15(16,5)6)17-11-13(18)19-14(2,3)4/h8-11H2,1-7H3. The summed E-state index contributed by atoms with van der Waals surface area (Å²) in [6, 6.07) is 0. The molecule has 1 fully saturated rings. The fourth-order valence-electron chi connectivity index (χ4n) is 2.90. The maximum atomic E-state index is 11.7. The molecule has 3 heteroatoms. The van der Waals surface area contributed by atoms with E-state index in [9.17, 15) is 4.79 Å². The molecule has 0 radical (unpaired) electrons. The molecular formula is C16H29NO2. The molecule has 0 aromatic rings. The van der Waals surface area contributed by atoms with Crippen LogP contribution >= 0.6 is 0 Å². The van der Waals surface area contributed by atoms with Crippen molar-refractivity contribution in [3.05, 3.63) is 0 Å². The Bertz CT molecular complexity index is 377. The third-order valence-corrected chi connectivity index (χ3v) is 4.64. The highest BCUT2D eigenvalue weighted by Gasteiger charge is 2.46. The molecule has 0 aromatic carbocycles. The van der Waals surface area contributed by atoms with Crippen LogP contribution in [0.1, 0.15) is 67.7 Å². The lowest BCUT2D eigenvalue weighted by Crippen LogP contribution is -2.36. The number of hydrogen-bond donors (Lipinski definition) is 0. The van der Waals surface area contributed by atoms with Crippen molar-refractivity contribution in [1.29, 1.82) is 0 Å². The molecule has 0 N–H and O–H groups in total. The monoisotopic (exact) mass is 267 g/mol. The summed E-state index contributed by atoms with van der Waals surface area (Å²) in [6.45, 7) is 14.7. The Morgan fingerprint density at radius 2 is 1.79 bits per heavy atom. The SMILES string of the molecule is CC(=NCC(=O)OC(C)(C)C)C1(C)CCCC1(C)C. The van der Waals surface area contributed by atoms with Gasteiger partial charge in [-0.05, 0) is 46.0 Å². The molecule has 0 aliphatic heterocycles. The van der Waals surface area contributed by atoms with E-state index in [1.807, 2.05) is 20.8 Å². The fraction of sp³-hybridized carbons (Fsp3) is 0.875. The molecule has 1 atom stereocenters. The van der Waals surface area contributed by atoms with Gasteiger partial charge in [0, 0.05) is 11.1 Å². The number of rotatable bonds is 3. The van der Waals surface area contributed by atoms with Crippen LogP contribution in [0.15, 0.2) is 4.99 Å². The summed E-state index contributed by atoms with van der Waals surface area (Å²) < 4.78 is 5.29. The minimum absolute atomic E-state index is 0.106. The summed E-state index contributed by atoms with van der Waals surface area (Å²) in [5.41, 5.74) is 1.02. The van der Waals surface area contributed by atoms with Gasteiger partial charge in [0.25, 0.3) is 0 Å². The molecule has 0 saturated heterocycles. The number of carbonyl (C=O) groups excluding carboxylic acids is 1. The highest BCUT2D eigenvalue weighted by molar-refractivity contribution is 5.90. The Kier molecular flexibility index (Phi) is 4.48. The zero-order chi connectivity index (χ0) is 14.9. The first-order valence-corrected chi connectivity index (χ1v) is 7.21. The van der Waals surface area contributed by atoms with E-state index in [2.05, 4.69) is 32.7 Å². The second-order valence-corrected chi connectivity index (χ2v) is 7.56. The van der Waals surface area contributed by atoms with E-state index in [4.69, 9.17) is 4.74 Å². The first-order valence-electron chi connectivity index (χ1n) is 7.21. The van der Waals surface area contributed by atoms with E-state index in [0.717, 1.165) is 12.1 Å². The minimum Gasteiger partial charge on any atom is -0.459 e. The molecule has 1 saturated carbocycles. The van der Waals surface area contributed by atoms with Gasteiger partial charge in [-0.15, -0.1) is 0 Å². The summed E-state index contributed by atoms with van der Waals surface area (Å²) in [7, 11) is 0. The Hall–Kier alpha value is -0.860. The van der Waals surface area contributed by atoms with Gasteiger partial charge in [-0.3, -0.25) is 9.79 Å². The number of carbonyl (C=O) groups is 1. The predicted octanol–water partition coefficient (Wildman–Crippen LogP) is 4.01. The van der Waals surface area contributed by atoms with Crippen LogP contribution in [0.25, 0.3) is 0 Å². The van der Waals surface area contributed by atoms with Crippen molar-refractivity contribution in [2.24, 2.45) is 15.8 Å². The van der Waals surface area contributed by atoms with Crippen molar-refractivity contribution >= 4 is 11.7 Å². The molecule has 1 unspecified atom stereocenters. The van der Waals surface area contributed by atoms with Crippen LogP contribution in [0.5, 0.6) is 0 Å². The lowest BCUT2D eigenvalue weighted by atomic mass is 9.67. The molecule has 1 rings (SSSR count). The van der Waals surface area contributed by atoms with E-state index in [0.29, 0.717) is 0 Å². The summed E-state index contributed by atoms with van der Waals surface area (Å²) in [5.74, 6) is -0.244. The topological polar surface area (TPSA) is 38.7 Å². The average molecular weight is 267 g/mol. The number of aliphatic imine (C=N–C) groups is 1. The molecule has 3 nitrogen and oxygen atoms in total. The third-order valence-electron chi connectivity index (χ3n) is 4.64. The van der Waals surface area contributed by atoms with Crippen molar-refractivity contribution < 1.29 is 9.53 Å². The van der Waals surface area contributed by atoms with Crippen LogP contribution in [0, 0.1) is 10.8 Å². The summed E-state index contributed by atoms with van der Waals surface area (Å²) in [5, 5.41) is 0. The Labute approximate surface area is 117 Å². The van der Waals surface area contributed by atoms with Gasteiger partial charge in [0.1, 0.15) is 12.1 Å². The molecule has 0 heterocycles. The normalized spacial score (nSPS) is 27.4. The largest absolute Gasteiger partial charge is 0.459 e. The lowest BCUT2D eigenvalue weighted by Gasteiger charge is -2.38. The van der Waals surface area contributed by atoms with E-state index < -0.39 is 5.60 Å². The van der Waals surface area contributed by atoms with Gasteiger partial charge in [-0.2, -0.15) is 0 Å². The van der Waals surface area contributed by atoms with Crippen LogP contribution in [-0.2, 0) is 9.53 Å². The van der Waals surface area contributed by atoms with E-state index in [1.54, 1.807) is 0 Å². The van der Waals surface area contributed by atoms with Crippen molar-refractivity contribution in [2.45, 2.75) is 73.3 Å². The van der Waals surface area contributed by atoms with Crippen LogP contribution in [-0.4, -0.2) is 23.8 Å². The number of esters is 1. The van der Waals surface area contributed by atoms with Gasteiger partial charge in [0.2, 0.25) is 0 Å². The van der Waals surface area contributed by atoms with Gasteiger partial charge in [0.15, 0.2) is 0 Å². The minimum atomic E-state index is -0.433. The Morgan fingerprint density at radius 1 is 1.21 bits per heavy atom. The molecule has 0 spiro atoms. The van der Waals surface area contributed by atoms with Crippen LogP contribution in [0.2, 0.25) is 0 Å². The summed E-state index contributed by atoms with van der Waals surface area (Å²) in [6.07, 6.45) is 3.62. The molecular weight excluding hydrogens is 238 g/mol. The third kappa shape index (κ3) is 3.80. The molecule has 0 aromatic heterocycles. The second kappa shape index (κ2) is 5.26. The number of nitrogens with zero attached hydrogens (tertiary/aromatic N) is 1. The Balaban J connectivity index is 2.70. The molecule has 1 aliphatic carbocycles. The van der Waals surface area contributed by atoms with Gasteiger partial charge < -0.3 is 4.74 Å². The van der Waals surface area contributed by atoms with E-state index in [-0.39, 0.29) is 23.3 Å². The molecule has 0 amide bonds. The van der Waals surface area contributed by atoms with Gasteiger partial charge in [-0.25, -0.2) is 0 Å². The molecule has 110 valence electrons. The Morgan fingerprint density at radius 3 is 2.21 bits per heavy atom. The zero-order valence-corrected chi connectivity index (χ0v) is 13.6. The van der Waals surface area contributed by atoms with Crippen molar-refractivity contribution in [3.8, 4) is 0 Å². The first-order chi connectivity index (χ1) is 8.48. The number of hydrogen-bond acceptors (Lipinski definition) is 3. The van der Waals surface area contributed by atoms with Gasteiger partial charge >= 0.3 is 5.97 Å². The number of ether oxygens (including phenoxy) is 1. The first kappa shape index (κ1) is 16.2. The second-order valence-electron chi connectivity index (χ2n) is 7.56. The van der Waals surface area contributed by atoms with Crippen molar-refractivity contribution in [2.75, 3.05) is 6.54 Å². The van der Waals surface area contributed by atoms with Crippen molar-refractivity contribution in [1.82, 2.24) is 0 Å². The zero-order valence-electron chi connectivity index (χ0n) is 13.6. The highest BCUT2D eigenvalue weighted by Crippen LogP contribution is 2.53. The maximum Gasteiger partial charge on any atom is 0.328 e. The average Bonchev–Trinajstić information content (AvgIpc) is 2.48. The van der Waals surface area contributed by atoms with Gasteiger partial charge in [0.05, 0.1) is 0 Å². The fourth-order valence-corrected chi connectivity index (χ4v) is 2.90. The maximum absolute atomic E-state index is 11.7. The van der Waals surface area contributed by atoms with Crippen LogP contribution < -0.4 is 0 Å². The van der Waals surface area contributed by atoms with E-state index >= 15 is 0 Å². The quantitative estimate of drug-likeness (QED) is 0.572. The van der Waals surface area contributed by atoms with Crippen LogP contribution in [0.4, 0.5) is 0 Å². The molecule has 19 heavy (non-hydrogen) atoms. The highest BCUT2D eigenvalue weighted by atomic mass is 16.6. The van der Waals surface area contributed by atoms with E-state index in [1.165, 1.54) is 12.8 Å². The molecule has 0 bridgehead atoms. The predicted molar refractivity (Wildman–Crippen MR) is 79.6 cm³/mol.